The van der Waals surface area contributed by atoms with E-state index >= 15 is 0 Å². The molecule has 0 aliphatic heterocycles. The fourth-order valence-corrected chi connectivity index (χ4v) is 5.06. The van der Waals surface area contributed by atoms with Crippen LogP contribution in [0, 0.1) is 0 Å². The molecule has 0 unspecified atom stereocenters. The number of hydrogen-bond acceptors (Lipinski definition) is 3. The molecule has 3 heteroatoms. The van der Waals surface area contributed by atoms with Crippen LogP contribution in [0.1, 0.15) is 0 Å². The third kappa shape index (κ3) is 4.65. The van der Waals surface area contributed by atoms with E-state index in [2.05, 4.69) is 131 Å². The Morgan fingerprint density at radius 2 is 0.775 bits per heavy atom. The first kappa shape index (κ1) is 23.7. The van der Waals surface area contributed by atoms with Crippen molar-refractivity contribution in [1.82, 2.24) is 4.98 Å². The van der Waals surface area contributed by atoms with Gasteiger partial charge in [-0.25, -0.2) is 4.98 Å². The van der Waals surface area contributed by atoms with Crippen LogP contribution in [0.2, 0.25) is 0 Å². The lowest BCUT2D eigenvalue weighted by molar-refractivity contribution is 0.620. The van der Waals surface area contributed by atoms with Crippen molar-refractivity contribution in [3.05, 3.63) is 158 Å². The van der Waals surface area contributed by atoms with Gasteiger partial charge in [0.2, 0.25) is 5.89 Å². The minimum Gasteiger partial charge on any atom is -0.436 e. The maximum Gasteiger partial charge on any atom is 0.227 e. The Morgan fingerprint density at radius 3 is 1.27 bits per heavy atom. The zero-order valence-corrected chi connectivity index (χ0v) is 21.8. The number of aromatic nitrogens is 1. The second-order valence-corrected chi connectivity index (χ2v) is 9.69. The van der Waals surface area contributed by atoms with Crippen LogP contribution in [0.15, 0.2) is 162 Å². The minimum absolute atomic E-state index is 0.643. The second kappa shape index (κ2) is 10.4. The molecule has 7 aromatic rings. The molecule has 0 saturated carbocycles. The van der Waals surface area contributed by atoms with Crippen LogP contribution in [-0.2, 0) is 0 Å². The molecular weight excluding hydrogens is 488 g/mol. The molecule has 0 N–H and O–H groups in total. The van der Waals surface area contributed by atoms with Crippen LogP contribution in [0.5, 0.6) is 0 Å². The number of anilines is 3. The topological polar surface area (TPSA) is 29.3 Å². The van der Waals surface area contributed by atoms with Gasteiger partial charge in [0.1, 0.15) is 5.52 Å². The van der Waals surface area contributed by atoms with Gasteiger partial charge < -0.3 is 9.32 Å². The van der Waals surface area contributed by atoms with Gasteiger partial charge in [0.05, 0.1) is 0 Å². The molecule has 0 atom stereocenters. The van der Waals surface area contributed by atoms with Crippen molar-refractivity contribution >= 4 is 28.2 Å². The predicted molar refractivity (Wildman–Crippen MR) is 165 cm³/mol. The summed E-state index contributed by atoms with van der Waals surface area (Å²) in [4.78, 5) is 6.89. The highest BCUT2D eigenvalue weighted by atomic mass is 16.3. The van der Waals surface area contributed by atoms with Gasteiger partial charge in [0, 0.05) is 22.6 Å². The van der Waals surface area contributed by atoms with Crippen LogP contribution in [0.3, 0.4) is 0 Å². The summed E-state index contributed by atoms with van der Waals surface area (Å²) in [5, 5.41) is 0. The van der Waals surface area contributed by atoms with Gasteiger partial charge in [0.25, 0.3) is 0 Å². The molecule has 0 radical (unpaired) electrons. The summed E-state index contributed by atoms with van der Waals surface area (Å²) in [6.45, 7) is 0. The van der Waals surface area contributed by atoms with Crippen LogP contribution < -0.4 is 4.90 Å². The first-order chi connectivity index (χ1) is 19.8. The molecule has 0 amide bonds. The summed E-state index contributed by atoms with van der Waals surface area (Å²) in [5.41, 5.74) is 10.7. The summed E-state index contributed by atoms with van der Waals surface area (Å²) in [7, 11) is 0. The van der Waals surface area contributed by atoms with E-state index in [1.54, 1.807) is 0 Å². The molecule has 1 heterocycles. The minimum atomic E-state index is 0.643. The van der Waals surface area contributed by atoms with E-state index in [4.69, 9.17) is 4.42 Å². The van der Waals surface area contributed by atoms with Crippen LogP contribution in [-0.4, -0.2) is 4.98 Å². The third-order valence-corrected chi connectivity index (χ3v) is 7.13. The zero-order chi connectivity index (χ0) is 26.7. The highest BCUT2D eigenvalue weighted by Crippen LogP contribution is 2.35. The van der Waals surface area contributed by atoms with Crippen LogP contribution >= 0.6 is 0 Å². The Balaban J connectivity index is 1.12. The molecule has 0 fully saturated rings. The molecule has 0 aliphatic carbocycles. The van der Waals surface area contributed by atoms with Gasteiger partial charge in [-0.1, -0.05) is 97.1 Å². The van der Waals surface area contributed by atoms with E-state index in [9.17, 15) is 0 Å². The normalized spacial score (nSPS) is 11.0. The zero-order valence-electron chi connectivity index (χ0n) is 21.8. The molecule has 190 valence electrons. The molecule has 40 heavy (non-hydrogen) atoms. The van der Waals surface area contributed by atoms with Gasteiger partial charge >= 0.3 is 0 Å². The Bertz CT molecular complexity index is 1780. The number of rotatable bonds is 6. The van der Waals surface area contributed by atoms with Crippen molar-refractivity contribution in [2.75, 3.05) is 4.90 Å². The molecule has 0 saturated heterocycles. The van der Waals surface area contributed by atoms with Gasteiger partial charge in [-0.05, 0) is 82.9 Å². The average Bonchev–Trinajstić information content (AvgIpc) is 3.48. The van der Waals surface area contributed by atoms with Crippen molar-refractivity contribution < 1.29 is 4.42 Å². The Kier molecular flexibility index (Phi) is 6.15. The first-order valence-electron chi connectivity index (χ1n) is 13.4. The standard InChI is InChI=1S/C37H26N2O/c1-3-9-32(10-4-1)39(33-11-5-2-6-12-33)34-25-23-30(24-26-34)28-17-15-27(16-18-28)29-19-21-31(22-20-29)37-38-35-13-7-8-14-36(35)40-37/h1-26H. The molecular formula is C37H26N2O. The van der Waals surface area contributed by atoms with Crippen molar-refractivity contribution in [2.24, 2.45) is 0 Å². The molecule has 0 bridgehead atoms. The monoisotopic (exact) mass is 514 g/mol. The third-order valence-electron chi connectivity index (χ3n) is 7.13. The van der Waals surface area contributed by atoms with Crippen molar-refractivity contribution in [3.63, 3.8) is 0 Å². The van der Waals surface area contributed by atoms with Crippen LogP contribution in [0.25, 0.3) is 44.8 Å². The number of para-hydroxylation sites is 4. The molecule has 0 aliphatic rings. The smallest absolute Gasteiger partial charge is 0.227 e. The van der Waals surface area contributed by atoms with Gasteiger partial charge in [-0.3, -0.25) is 0 Å². The first-order valence-corrected chi connectivity index (χ1v) is 13.4. The number of fused-ring (bicyclic) bond motifs is 1. The highest BCUT2D eigenvalue weighted by molar-refractivity contribution is 5.79. The van der Waals surface area contributed by atoms with E-state index in [-0.39, 0.29) is 0 Å². The number of nitrogens with zero attached hydrogens (tertiary/aromatic N) is 2. The molecule has 3 nitrogen and oxygen atoms in total. The van der Waals surface area contributed by atoms with E-state index in [0.717, 1.165) is 39.3 Å². The second-order valence-electron chi connectivity index (χ2n) is 9.69. The fraction of sp³-hybridized carbons (Fsp3) is 0. The molecule has 7 rings (SSSR count). The van der Waals surface area contributed by atoms with Gasteiger partial charge in [0.15, 0.2) is 5.58 Å². The van der Waals surface area contributed by atoms with Crippen molar-refractivity contribution in [3.8, 4) is 33.7 Å². The lowest BCUT2D eigenvalue weighted by atomic mass is 9.99. The summed E-state index contributed by atoms with van der Waals surface area (Å²) >= 11 is 0. The summed E-state index contributed by atoms with van der Waals surface area (Å²) in [6, 6.07) is 54.7. The van der Waals surface area contributed by atoms with Crippen molar-refractivity contribution in [2.45, 2.75) is 0 Å². The molecule has 1 aromatic heterocycles. The maximum atomic E-state index is 5.92. The SMILES string of the molecule is c1ccc(N(c2ccccc2)c2ccc(-c3ccc(-c4ccc(-c5nc6ccccc6o5)cc4)cc3)cc2)cc1. The van der Waals surface area contributed by atoms with Gasteiger partial charge in [-0.15, -0.1) is 0 Å². The lowest BCUT2D eigenvalue weighted by Gasteiger charge is -2.25. The van der Waals surface area contributed by atoms with E-state index < -0.39 is 0 Å². The Labute approximate surface area is 233 Å². The Hall–Kier alpha value is -5.41. The van der Waals surface area contributed by atoms with E-state index in [0.29, 0.717) is 5.89 Å². The summed E-state index contributed by atoms with van der Waals surface area (Å²) in [6.07, 6.45) is 0. The molecule has 6 aromatic carbocycles. The predicted octanol–water partition coefficient (Wildman–Crippen LogP) is 10.3. The number of benzene rings is 6. The van der Waals surface area contributed by atoms with Crippen molar-refractivity contribution in [1.29, 1.82) is 0 Å². The van der Waals surface area contributed by atoms with Crippen LogP contribution in [0.4, 0.5) is 17.1 Å². The lowest BCUT2D eigenvalue weighted by Crippen LogP contribution is -2.09. The van der Waals surface area contributed by atoms with E-state index in [1.807, 2.05) is 36.4 Å². The highest BCUT2D eigenvalue weighted by Gasteiger charge is 2.12. The van der Waals surface area contributed by atoms with E-state index in [1.165, 1.54) is 16.7 Å². The fourth-order valence-electron chi connectivity index (χ4n) is 5.06. The largest absolute Gasteiger partial charge is 0.436 e. The maximum absolute atomic E-state index is 5.92. The average molecular weight is 515 g/mol. The Morgan fingerprint density at radius 1 is 0.375 bits per heavy atom. The summed E-state index contributed by atoms with van der Waals surface area (Å²) in [5.74, 6) is 0.643. The number of oxazole rings is 1. The summed E-state index contributed by atoms with van der Waals surface area (Å²) < 4.78 is 5.92. The molecule has 0 spiro atoms. The number of hydrogen-bond donors (Lipinski definition) is 0. The van der Waals surface area contributed by atoms with Gasteiger partial charge in [-0.2, -0.15) is 0 Å². The quantitative estimate of drug-likeness (QED) is 0.221.